The molecule has 0 fully saturated rings. The van der Waals surface area contributed by atoms with Crippen LogP contribution >= 0.6 is 0 Å². The molecule has 0 aliphatic carbocycles. The number of rotatable bonds is 5. The first-order valence-corrected chi connectivity index (χ1v) is 8.99. The Hall–Kier alpha value is -3.13. The maximum Gasteiger partial charge on any atom is 0.327 e. The zero-order chi connectivity index (χ0) is 21.8. The van der Waals surface area contributed by atoms with E-state index in [1.54, 1.807) is 45.9 Å². The summed E-state index contributed by atoms with van der Waals surface area (Å²) in [5, 5.41) is 10.6. The highest BCUT2D eigenvalue weighted by atomic mass is 16.5. The van der Waals surface area contributed by atoms with Gasteiger partial charge in [-0.1, -0.05) is 18.2 Å². The zero-order valence-corrected chi connectivity index (χ0v) is 17.1. The van der Waals surface area contributed by atoms with Crippen molar-refractivity contribution in [2.75, 3.05) is 7.11 Å². The van der Waals surface area contributed by atoms with E-state index in [-0.39, 0.29) is 16.6 Å². The maximum atomic E-state index is 13.1. The van der Waals surface area contributed by atoms with Crippen LogP contribution in [0.2, 0.25) is 0 Å². The number of hydrazine groups is 1. The van der Waals surface area contributed by atoms with Gasteiger partial charge in [-0.05, 0) is 51.4 Å². The second kappa shape index (κ2) is 8.92. The second-order valence-corrected chi connectivity index (χ2v) is 7.48. The minimum absolute atomic E-state index is 0.216. The number of amides is 2. The minimum Gasteiger partial charge on any atom is -0.496 e. The van der Waals surface area contributed by atoms with Gasteiger partial charge in [-0.15, -0.1) is 0 Å². The lowest BCUT2D eigenvalue weighted by Crippen LogP contribution is -2.56. The molecule has 2 N–H and O–H groups in total. The number of hydrogen-bond acceptors (Lipinski definition) is 5. The summed E-state index contributed by atoms with van der Waals surface area (Å²) in [5.41, 5.74) is 3.65. The first-order chi connectivity index (χ1) is 13.6. The molecule has 0 aromatic heterocycles. The molecule has 8 heteroatoms. The summed E-state index contributed by atoms with van der Waals surface area (Å²) >= 11 is 0. The molecule has 0 bridgehead atoms. The van der Waals surface area contributed by atoms with Crippen LogP contribution in [0.25, 0.3) is 0 Å². The predicted molar refractivity (Wildman–Crippen MR) is 111 cm³/mol. The van der Waals surface area contributed by atoms with E-state index in [1.807, 2.05) is 0 Å². The van der Waals surface area contributed by atoms with Gasteiger partial charge in [-0.2, -0.15) is 0 Å². The average molecular weight is 395 g/mol. The Kier molecular flexibility index (Phi) is 6.82. The third kappa shape index (κ3) is 4.84. The Morgan fingerprint density at radius 2 is 1.90 bits per heavy atom. The van der Waals surface area contributed by atoms with Gasteiger partial charge in [0, 0.05) is 22.3 Å². The van der Waals surface area contributed by atoms with Crippen molar-refractivity contribution < 1.29 is 24.1 Å². The fourth-order valence-electron chi connectivity index (χ4n) is 2.82. The number of nitrogens with one attached hydrogen (secondary N) is 1. The molecule has 1 radical (unpaired) electrons. The highest BCUT2D eigenvalue weighted by Gasteiger charge is 2.30. The number of benzene rings is 2. The number of nitrogens with zero attached hydrogens (tertiary/aromatic N) is 1. The van der Waals surface area contributed by atoms with Crippen LogP contribution in [0.5, 0.6) is 5.75 Å². The molecule has 0 saturated heterocycles. The van der Waals surface area contributed by atoms with Gasteiger partial charge < -0.3 is 9.76 Å². The second-order valence-electron chi connectivity index (χ2n) is 7.48. The summed E-state index contributed by atoms with van der Waals surface area (Å²) in [6, 6.07) is 9.41. The smallest absolute Gasteiger partial charge is 0.327 e. The molecule has 2 amide bonds. The average Bonchev–Trinajstić information content (AvgIpc) is 2.70. The van der Waals surface area contributed by atoms with Gasteiger partial charge in [0.2, 0.25) is 0 Å². The summed E-state index contributed by atoms with van der Waals surface area (Å²) in [6.07, 6.45) is 0.588. The van der Waals surface area contributed by atoms with Crippen LogP contribution in [0.3, 0.4) is 0 Å². The highest BCUT2D eigenvalue weighted by Crippen LogP contribution is 2.22. The summed E-state index contributed by atoms with van der Waals surface area (Å²) < 4.78 is 5.26. The van der Waals surface area contributed by atoms with Crippen LogP contribution < -0.4 is 15.6 Å². The topological polar surface area (TPSA) is 95.9 Å². The van der Waals surface area contributed by atoms with E-state index in [0.29, 0.717) is 23.2 Å². The van der Waals surface area contributed by atoms with Gasteiger partial charge in [-0.3, -0.25) is 19.8 Å². The van der Waals surface area contributed by atoms with Crippen molar-refractivity contribution in [2.45, 2.75) is 33.2 Å². The highest BCUT2D eigenvalue weighted by molar-refractivity contribution is 6.47. The number of ether oxygens (including phenoxy) is 1. The molecule has 7 nitrogen and oxygen atoms in total. The largest absolute Gasteiger partial charge is 0.496 e. The van der Waals surface area contributed by atoms with Crippen molar-refractivity contribution in [2.24, 2.45) is 0 Å². The Morgan fingerprint density at radius 3 is 2.45 bits per heavy atom. The Labute approximate surface area is 170 Å². The van der Waals surface area contributed by atoms with Gasteiger partial charge in [-0.25, -0.2) is 5.01 Å². The van der Waals surface area contributed by atoms with Gasteiger partial charge in [0.25, 0.3) is 11.8 Å². The van der Waals surface area contributed by atoms with Crippen LogP contribution in [0.15, 0.2) is 36.4 Å². The third-order valence-electron chi connectivity index (χ3n) is 4.44. The van der Waals surface area contributed by atoms with Crippen LogP contribution in [-0.4, -0.2) is 48.3 Å². The number of hydrogen-bond donors (Lipinski definition) is 2. The fraction of sp³-hybridized carbons (Fsp3) is 0.286. The SMILES string of the molecule is COc1cccc(C(=O)NN(C(=O)c2ccc(C=O)c([B]O)c2)C(C)(C)C)c1C. The van der Waals surface area contributed by atoms with Crippen LogP contribution in [-0.2, 0) is 0 Å². The first kappa shape index (κ1) is 22.2. The van der Waals surface area contributed by atoms with E-state index < -0.39 is 17.4 Å². The van der Waals surface area contributed by atoms with Crippen LogP contribution in [0.4, 0.5) is 0 Å². The molecule has 29 heavy (non-hydrogen) atoms. The maximum absolute atomic E-state index is 13.1. The van der Waals surface area contributed by atoms with Crippen molar-refractivity contribution in [1.82, 2.24) is 10.4 Å². The number of aldehydes is 1. The molecule has 0 aliphatic rings. The Bertz CT molecular complexity index is 937. The van der Waals surface area contributed by atoms with E-state index in [4.69, 9.17) is 4.74 Å². The standard InChI is InChI=1S/C21H24BN2O5/c1-13-16(7-6-8-18(13)29-5)19(26)23-24(21(2,3)4)20(27)14-9-10-15(12-25)17(11-14)22-28/h6-12,28H,1-5H3,(H,23,26). The Morgan fingerprint density at radius 1 is 1.21 bits per heavy atom. The lowest BCUT2D eigenvalue weighted by molar-refractivity contribution is 0.0358. The lowest BCUT2D eigenvalue weighted by atomic mass is 9.83. The van der Waals surface area contributed by atoms with Crippen LogP contribution in [0, 0.1) is 6.92 Å². The molecule has 0 spiro atoms. The van der Waals surface area contributed by atoms with E-state index in [2.05, 4.69) is 5.43 Å². The molecule has 151 valence electrons. The van der Waals surface area contributed by atoms with Gasteiger partial charge in [0.05, 0.1) is 12.6 Å². The minimum atomic E-state index is -0.744. The fourth-order valence-corrected chi connectivity index (χ4v) is 2.82. The first-order valence-electron chi connectivity index (χ1n) is 8.99. The van der Waals surface area contributed by atoms with Gasteiger partial charge in [0.1, 0.15) is 12.0 Å². The molecule has 2 rings (SSSR count). The summed E-state index contributed by atoms with van der Waals surface area (Å²) in [5.74, 6) is -0.367. The van der Waals surface area contributed by atoms with Crippen molar-refractivity contribution in [1.29, 1.82) is 0 Å². The molecule has 2 aromatic rings. The summed E-state index contributed by atoms with van der Waals surface area (Å²) in [6.45, 7) is 7.10. The normalized spacial score (nSPS) is 10.8. The van der Waals surface area contributed by atoms with E-state index in [1.165, 1.54) is 30.3 Å². The molecule has 0 saturated carbocycles. The van der Waals surface area contributed by atoms with Crippen molar-refractivity contribution in [3.8, 4) is 5.75 Å². The third-order valence-corrected chi connectivity index (χ3v) is 4.44. The molecule has 0 unspecified atom stereocenters. The van der Waals surface area contributed by atoms with Gasteiger partial charge in [0.15, 0.2) is 0 Å². The van der Waals surface area contributed by atoms with Crippen molar-refractivity contribution in [3.05, 3.63) is 58.7 Å². The predicted octanol–water partition coefficient (Wildman–Crippen LogP) is 1.64. The monoisotopic (exact) mass is 395 g/mol. The van der Waals surface area contributed by atoms with E-state index in [0.717, 1.165) is 7.48 Å². The van der Waals surface area contributed by atoms with Crippen molar-refractivity contribution >= 4 is 31.0 Å². The number of carbonyl (C=O) groups is 3. The number of carbonyl (C=O) groups excluding carboxylic acids is 3. The summed E-state index contributed by atoms with van der Waals surface area (Å²) in [7, 11) is 2.29. The molecule has 2 aromatic carbocycles. The molecule has 0 aliphatic heterocycles. The molecule has 0 heterocycles. The Balaban J connectivity index is 2.39. The quantitative estimate of drug-likeness (QED) is 0.456. The molecule has 0 atom stereocenters. The van der Waals surface area contributed by atoms with Gasteiger partial charge >= 0.3 is 7.48 Å². The van der Waals surface area contributed by atoms with Crippen LogP contribution in [0.1, 0.15) is 57.4 Å². The number of methoxy groups -OCH3 is 1. The van der Waals surface area contributed by atoms with E-state index in [9.17, 15) is 19.4 Å². The lowest BCUT2D eigenvalue weighted by Gasteiger charge is -2.35. The molecular formula is C21H24BN2O5. The van der Waals surface area contributed by atoms with E-state index >= 15 is 0 Å². The zero-order valence-electron chi connectivity index (χ0n) is 17.1. The summed E-state index contributed by atoms with van der Waals surface area (Å²) in [4.78, 5) is 37.1. The molecular weight excluding hydrogens is 371 g/mol. The van der Waals surface area contributed by atoms with Crippen molar-refractivity contribution in [3.63, 3.8) is 0 Å².